The summed E-state index contributed by atoms with van der Waals surface area (Å²) in [7, 11) is 0. The highest BCUT2D eigenvalue weighted by molar-refractivity contribution is 5.17. The summed E-state index contributed by atoms with van der Waals surface area (Å²) in [4.78, 5) is 21.3. The van der Waals surface area contributed by atoms with Crippen molar-refractivity contribution in [2.24, 2.45) is 0 Å². The van der Waals surface area contributed by atoms with Gasteiger partial charge in [-0.15, -0.1) is 0 Å². The number of hydrogen-bond donors (Lipinski definition) is 1. The summed E-state index contributed by atoms with van der Waals surface area (Å²) in [6, 6.07) is 1.63. The Morgan fingerprint density at radius 1 is 1.55 bits per heavy atom. The fraction of sp³-hybridized carbons (Fsp3) is 0. The van der Waals surface area contributed by atoms with E-state index in [9.17, 15) is 19.3 Å². The molecule has 6 heteroatoms. The standard InChI is InChI=1S/C5H3FN2O3/c6-3-1-2-4(8(10)11)7-5(3)9/h1-2H,(H,7,9). The van der Waals surface area contributed by atoms with E-state index in [2.05, 4.69) is 0 Å². The lowest BCUT2D eigenvalue weighted by Crippen LogP contribution is -2.11. The van der Waals surface area contributed by atoms with Crippen LogP contribution in [0.15, 0.2) is 16.9 Å². The van der Waals surface area contributed by atoms with Gasteiger partial charge in [0.1, 0.15) is 0 Å². The number of pyridine rings is 1. The van der Waals surface area contributed by atoms with E-state index in [0.717, 1.165) is 12.1 Å². The lowest BCUT2D eigenvalue weighted by molar-refractivity contribution is -0.389. The Morgan fingerprint density at radius 3 is 2.64 bits per heavy atom. The van der Waals surface area contributed by atoms with Crippen LogP contribution >= 0.6 is 0 Å². The number of rotatable bonds is 1. The molecule has 1 heterocycles. The van der Waals surface area contributed by atoms with Crippen LogP contribution in [0.25, 0.3) is 0 Å². The Hall–Kier alpha value is -1.72. The van der Waals surface area contributed by atoms with Gasteiger partial charge in [0, 0.05) is 6.07 Å². The van der Waals surface area contributed by atoms with Crippen molar-refractivity contribution in [2.75, 3.05) is 0 Å². The molecule has 0 atom stereocenters. The second-order valence-electron chi connectivity index (χ2n) is 1.78. The van der Waals surface area contributed by atoms with E-state index in [0.29, 0.717) is 0 Å². The van der Waals surface area contributed by atoms with E-state index in [1.54, 1.807) is 4.98 Å². The minimum Gasteiger partial charge on any atom is -0.358 e. The minimum absolute atomic E-state index is 0.517. The highest BCUT2D eigenvalue weighted by Crippen LogP contribution is 2.01. The van der Waals surface area contributed by atoms with Crippen molar-refractivity contribution >= 4 is 5.82 Å². The molecule has 58 valence electrons. The first-order chi connectivity index (χ1) is 5.11. The van der Waals surface area contributed by atoms with Gasteiger partial charge in [0.15, 0.2) is 0 Å². The summed E-state index contributed by atoms with van der Waals surface area (Å²) in [6.45, 7) is 0. The molecule has 1 N–H and O–H groups in total. The largest absolute Gasteiger partial charge is 0.367 e. The van der Waals surface area contributed by atoms with Crippen LogP contribution in [0.4, 0.5) is 10.2 Å². The lowest BCUT2D eigenvalue weighted by Gasteiger charge is -1.90. The van der Waals surface area contributed by atoms with E-state index >= 15 is 0 Å². The van der Waals surface area contributed by atoms with Crippen LogP contribution in [0.5, 0.6) is 0 Å². The molecule has 1 rings (SSSR count). The first-order valence-electron chi connectivity index (χ1n) is 2.64. The number of halogens is 1. The van der Waals surface area contributed by atoms with Gasteiger partial charge in [0.2, 0.25) is 5.82 Å². The molecular weight excluding hydrogens is 155 g/mol. The van der Waals surface area contributed by atoms with E-state index < -0.39 is 22.1 Å². The van der Waals surface area contributed by atoms with Gasteiger partial charge < -0.3 is 10.1 Å². The number of nitro groups is 1. The summed E-state index contributed by atoms with van der Waals surface area (Å²) in [5.41, 5.74) is -1.08. The average molecular weight is 158 g/mol. The number of nitrogens with one attached hydrogen (secondary N) is 1. The molecule has 0 bridgehead atoms. The third kappa shape index (κ3) is 1.40. The SMILES string of the molecule is O=c1[nH]c([N+](=O)[O-])ccc1F. The van der Waals surface area contributed by atoms with E-state index in [4.69, 9.17) is 0 Å². The smallest absolute Gasteiger partial charge is 0.358 e. The summed E-state index contributed by atoms with van der Waals surface area (Å²) in [6.07, 6.45) is 0. The maximum absolute atomic E-state index is 12.2. The van der Waals surface area contributed by atoms with Crippen LogP contribution in [-0.4, -0.2) is 9.91 Å². The van der Waals surface area contributed by atoms with E-state index in [1.807, 2.05) is 0 Å². The molecule has 0 spiro atoms. The number of aromatic amines is 1. The van der Waals surface area contributed by atoms with Gasteiger partial charge >= 0.3 is 11.4 Å². The second-order valence-corrected chi connectivity index (χ2v) is 1.78. The number of hydrogen-bond acceptors (Lipinski definition) is 3. The molecule has 1 aromatic rings. The summed E-state index contributed by atoms with van der Waals surface area (Å²) in [5.74, 6) is -1.55. The molecule has 0 fully saturated rings. The Labute approximate surface area is 59.6 Å². The van der Waals surface area contributed by atoms with Crippen LogP contribution in [-0.2, 0) is 0 Å². The first kappa shape index (κ1) is 7.39. The third-order valence-corrected chi connectivity index (χ3v) is 1.04. The number of nitrogens with zero attached hydrogens (tertiary/aromatic N) is 1. The molecule has 0 radical (unpaired) electrons. The van der Waals surface area contributed by atoms with Gasteiger partial charge in [0.25, 0.3) is 0 Å². The van der Waals surface area contributed by atoms with Crippen molar-refractivity contribution in [2.45, 2.75) is 0 Å². The Kier molecular flexibility index (Phi) is 1.67. The van der Waals surface area contributed by atoms with E-state index in [1.165, 1.54) is 0 Å². The maximum Gasteiger partial charge on any atom is 0.367 e. The van der Waals surface area contributed by atoms with Crippen molar-refractivity contribution in [1.29, 1.82) is 0 Å². The molecule has 1 aromatic heterocycles. The minimum atomic E-state index is -1.08. The van der Waals surface area contributed by atoms with Crippen LogP contribution in [0.3, 0.4) is 0 Å². The van der Waals surface area contributed by atoms with Gasteiger partial charge in [-0.05, 0) is 11.0 Å². The highest BCUT2D eigenvalue weighted by Gasteiger charge is 2.06. The van der Waals surface area contributed by atoms with Gasteiger partial charge in [-0.2, -0.15) is 4.39 Å². The van der Waals surface area contributed by atoms with Crippen LogP contribution in [0.1, 0.15) is 0 Å². The van der Waals surface area contributed by atoms with E-state index in [-0.39, 0.29) is 0 Å². The van der Waals surface area contributed by atoms with Gasteiger partial charge in [-0.1, -0.05) is 0 Å². The van der Waals surface area contributed by atoms with Crippen LogP contribution < -0.4 is 5.56 Å². The molecule has 0 saturated heterocycles. The quantitative estimate of drug-likeness (QED) is 0.475. The van der Waals surface area contributed by atoms with Crippen molar-refractivity contribution in [3.8, 4) is 0 Å². The fourth-order valence-corrected chi connectivity index (χ4v) is 0.552. The molecule has 0 unspecified atom stereocenters. The van der Waals surface area contributed by atoms with Crippen molar-refractivity contribution in [3.63, 3.8) is 0 Å². The molecule has 0 saturated carbocycles. The van der Waals surface area contributed by atoms with Crippen molar-refractivity contribution in [1.82, 2.24) is 4.98 Å². The second kappa shape index (κ2) is 2.49. The molecule has 0 aliphatic heterocycles. The van der Waals surface area contributed by atoms with Gasteiger partial charge in [0.05, 0.1) is 0 Å². The molecule has 0 amide bonds. The Bertz CT molecular complexity index is 346. The number of H-pyrrole nitrogens is 1. The van der Waals surface area contributed by atoms with Crippen LogP contribution in [0, 0.1) is 15.9 Å². The molecule has 0 aromatic carbocycles. The predicted molar refractivity (Wildman–Crippen MR) is 33.7 cm³/mol. The predicted octanol–water partition coefficient (Wildman–Crippen LogP) is 0.422. The zero-order valence-electron chi connectivity index (χ0n) is 5.20. The molecule has 5 nitrogen and oxygen atoms in total. The number of aromatic nitrogens is 1. The molecule has 0 aliphatic rings. The maximum atomic E-state index is 12.2. The van der Waals surface area contributed by atoms with Crippen LogP contribution in [0.2, 0.25) is 0 Å². The highest BCUT2D eigenvalue weighted by atomic mass is 19.1. The molecule has 11 heavy (non-hydrogen) atoms. The Balaban J connectivity index is 3.26. The Morgan fingerprint density at radius 2 is 2.18 bits per heavy atom. The van der Waals surface area contributed by atoms with Gasteiger partial charge in [-0.25, -0.2) is 9.78 Å². The normalized spacial score (nSPS) is 9.55. The summed E-state index contributed by atoms with van der Waals surface area (Å²) < 4.78 is 12.2. The summed E-state index contributed by atoms with van der Waals surface area (Å²) in [5, 5.41) is 9.98. The lowest BCUT2D eigenvalue weighted by atomic mass is 10.4. The topological polar surface area (TPSA) is 76.0 Å². The third-order valence-electron chi connectivity index (χ3n) is 1.04. The summed E-state index contributed by atoms with van der Waals surface area (Å²) >= 11 is 0. The zero-order chi connectivity index (χ0) is 8.43. The van der Waals surface area contributed by atoms with Gasteiger partial charge in [-0.3, -0.25) is 0 Å². The fourth-order valence-electron chi connectivity index (χ4n) is 0.552. The molecule has 0 aliphatic carbocycles. The zero-order valence-corrected chi connectivity index (χ0v) is 5.20. The first-order valence-corrected chi connectivity index (χ1v) is 2.64. The average Bonchev–Trinajstić information content (AvgIpc) is 1.94. The van der Waals surface area contributed by atoms with Crippen molar-refractivity contribution < 1.29 is 9.31 Å². The van der Waals surface area contributed by atoms with Crippen molar-refractivity contribution in [3.05, 3.63) is 38.4 Å². The molecular formula is C5H3FN2O3. The monoisotopic (exact) mass is 158 g/mol.